The van der Waals surface area contributed by atoms with Crippen LogP contribution in [0, 0.1) is 5.92 Å². The highest BCUT2D eigenvalue weighted by Gasteiger charge is 2.13. The number of nitrogens with zero attached hydrogens (tertiary/aromatic N) is 2. The molecule has 0 unspecified atom stereocenters. The average molecular weight is 237 g/mol. The van der Waals surface area contributed by atoms with Crippen molar-refractivity contribution in [2.24, 2.45) is 5.92 Å². The molecule has 0 amide bonds. The monoisotopic (exact) mass is 237 g/mol. The lowest BCUT2D eigenvalue weighted by Gasteiger charge is -2.22. The summed E-state index contributed by atoms with van der Waals surface area (Å²) in [5.41, 5.74) is -0.0194. The molecule has 0 aliphatic rings. The molecule has 0 bridgehead atoms. The fourth-order valence-electron chi connectivity index (χ4n) is 1.48. The topological polar surface area (TPSA) is 47.0 Å². The molecule has 17 heavy (non-hydrogen) atoms. The van der Waals surface area contributed by atoms with Crippen molar-refractivity contribution in [1.82, 2.24) is 9.97 Å². The van der Waals surface area contributed by atoms with Crippen molar-refractivity contribution in [3.8, 4) is 5.88 Å². The van der Waals surface area contributed by atoms with Crippen molar-refractivity contribution in [3.05, 3.63) is 11.9 Å². The molecular formula is C13H23N3O. The number of ether oxygens (including phenoxy) is 1. The molecule has 1 aromatic rings. The zero-order chi connectivity index (χ0) is 13.1. The summed E-state index contributed by atoms with van der Waals surface area (Å²) >= 11 is 0. The first-order valence-corrected chi connectivity index (χ1v) is 6.00. The molecular weight excluding hydrogens is 214 g/mol. The Hall–Kier alpha value is -1.32. The van der Waals surface area contributed by atoms with E-state index in [-0.39, 0.29) is 5.54 Å². The highest BCUT2D eigenvalue weighted by atomic mass is 16.5. The van der Waals surface area contributed by atoms with E-state index in [1.54, 1.807) is 7.11 Å². The molecule has 1 aromatic heterocycles. The van der Waals surface area contributed by atoms with E-state index in [2.05, 4.69) is 49.9 Å². The fourth-order valence-corrected chi connectivity index (χ4v) is 1.48. The van der Waals surface area contributed by atoms with Gasteiger partial charge >= 0.3 is 0 Å². The minimum atomic E-state index is -0.0194. The number of rotatable bonds is 4. The number of hydrogen-bond donors (Lipinski definition) is 1. The summed E-state index contributed by atoms with van der Waals surface area (Å²) in [6, 6.07) is 1.83. The maximum atomic E-state index is 5.20. The van der Waals surface area contributed by atoms with Crippen LogP contribution in [0.1, 0.15) is 40.4 Å². The third-order valence-electron chi connectivity index (χ3n) is 2.05. The first kappa shape index (κ1) is 13.7. The summed E-state index contributed by atoms with van der Waals surface area (Å²) in [6.07, 6.45) is 0.857. The maximum absolute atomic E-state index is 5.20. The van der Waals surface area contributed by atoms with E-state index in [0.717, 1.165) is 18.1 Å². The van der Waals surface area contributed by atoms with E-state index in [1.807, 2.05) is 6.07 Å². The van der Waals surface area contributed by atoms with Gasteiger partial charge in [0.1, 0.15) is 11.6 Å². The van der Waals surface area contributed by atoms with E-state index in [1.165, 1.54) is 0 Å². The zero-order valence-corrected chi connectivity index (χ0v) is 11.7. The number of anilines is 1. The number of methoxy groups -OCH3 is 1. The molecule has 0 atom stereocenters. The summed E-state index contributed by atoms with van der Waals surface area (Å²) in [5, 5.41) is 3.34. The van der Waals surface area contributed by atoms with Gasteiger partial charge in [0, 0.05) is 18.0 Å². The molecule has 0 aliphatic carbocycles. The zero-order valence-electron chi connectivity index (χ0n) is 11.7. The lowest BCUT2D eigenvalue weighted by molar-refractivity contribution is 0.393. The minimum Gasteiger partial charge on any atom is -0.481 e. The predicted octanol–water partition coefficient (Wildman–Crippen LogP) is 2.89. The summed E-state index contributed by atoms with van der Waals surface area (Å²) in [7, 11) is 1.63. The second kappa shape index (κ2) is 5.34. The van der Waals surface area contributed by atoms with Crippen molar-refractivity contribution in [3.63, 3.8) is 0 Å². The van der Waals surface area contributed by atoms with E-state index >= 15 is 0 Å². The second-order valence-electron chi connectivity index (χ2n) is 5.68. The van der Waals surface area contributed by atoms with Gasteiger partial charge < -0.3 is 10.1 Å². The van der Waals surface area contributed by atoms with Crippen molar-refractivity contribution in [2.75, 3.05) is 12.4 Å². The van der Waals surface area contributed by atoms with Crippen LogP contribution < -0.4 is 10.1 Å². The van der Waals surface area contributed by atoms with Gasteiger partial charge in [-0.2, -0.15) is 4.98 Å². The molecule has 1 rings (SSSR count). The van der Waals surface area contributed by atoms with Gasteiger partial charge in [-0.05, 0) is 26.7 Å². The van der Waals surface area contributed by atoms with E-state index < -0.39 is 0 Å². The normalized spacial score (nSPS) is 11.7. The molecule has 96 valence electrons. The largest absolute Gasteiger partial charge is 0.481 e. The van der Waals surface area contributed by atoms with Gasteiger partial charge in [-0.25, -0.2) is 4.98 Å². The summed E-state index contributed by atoms with van der Waals surface area (Å²) < 4.78 is 5.20. The highest BCUT2D eigenvalue weighted by molar-refractivity contribution is 5.40. The van der Waals surface area contributed by atoms with Crippen LogP contribution in [-0.2, 0) is 6.42 Å². The lowest BCUT2D eigenvalue weighted by Crippen LogP contribution is -2.27. The van der Waals surface area contributed by atoms with Crippen LogP contribution in [-0.4, -0.2) is 22.6 Å². The Kier molecular flexibility index (Phi) is 4.32. The molecule has 0 saturated heterocycles. The molecule has 0 aliphatic heterocycles. The van der Waals surface area contributed by atoms with E-state index in [4.69, 9.17) is 4.74 Å². The summed E-state index contributed by atoms with van der Waals surface area (Å²) in [6.45, 7) is 10.6. The van der Waals surface area contributed by atoms with Crippen molar-refractivity contribution >= 4 is 5.82 Å². The van der Waals surface area contributed by atoms with Gasteiger partial charge in [-0.3, -0.25) is 0 Å². The van der Waals surface area contributed by atoms with Gasteiger partial charge in [0.2, 0.25) is 5.88 Å². The molecule has 0 fully saturated rings. The number of nitrogens with one attached hydrogen (secondary N) is 1. The Morgan fingerprint density at radius 1 is 1.29 bits per heavy atom. The van der Waals surface area contributed by atoms with Crippen molar-refractivity contribution < 1.29 is 4.74 Å². The quantitative estimate of drug-likeness (QED) is 0.874. The Morgan fingerprint density at radius 3 is 2.41 bits per heavy atom. The van der Waals surface area contributed by atoms with E-state index in [0.29, 0.717) is 11.8 Å². The van der Waals surface area contributed by atoms with Gasteiger partial charge in [-0.1, -0.05) is 13.8 Å². The predicted molar refractivity (Wildman–Crippen MR) is 70.5 cm³/mol. The Morgan fingerprint density at radius 2 is 1.94 bits per heavy atom. The average Bonchev–Trinajstić information content (AvgIpc) is 2.13. The molecule has 4 nitrogen and oxygen atoms in total. The summed E-state index contributed by atoms with van der Waals surface area (Å²) in [4.78, 5) is 8.85. The van der Waals surface area contributed by atoms with E-state index in [9.17, 15) is 0 Å². The van der Waals surface area contributed by atoms with Crippen molar-refractivity contribution in [2.45, 2.75) is 46.6 Å². The van der Waals surface area contributed by atoms with Gasteiger partial charge in [0.05, 0.1) is 7.11 Å². The van der Waals surface area contributed by atoms with Crippen LogP contribution in [0.5, 0.6) is 5.88 Å². The molecule has 1 N–H and O–H groups in total. The van der Waals surface area contributed by atoms with Gasteiger partial charge in [-0.15, -0.1) is 0 Å². The van der Waals surface area contributed by atoms with Crippen LogP contribution in [0.25, 0.3) is 0 Å². The minimum absolute atomic E-state index is 0.0194. The fraction of sp³-hybridized carbons (Fsp3) is 0.692. The highest BCUT2D eigenvalue weighted by Crippen LogP contribution is 2.18. The third kappa shape index (κ3) is 5.02. The van der Waals surface area contributed by atoms with Crippen molar-refractivity contribution in [1.29, 1.82) is 0 Å². The Balaban J connectivity index is 2.97. The molecule has 0 saturated carbocycles. The molecule has 0 radical (unpaired) electrons. The maximum Gasteiger partial charge on any atom is 0.218 e. The van der Waals surface area contributed by atoms with Crippen LogP contribution in [0.3, 0.4) is 0 Å². The van der Waals surface area contributed by atoms with Crippen LogP contribution in [0.2, 0.25) is 0 Å². The molecule has 0 aromatic carbocycles. The molecule has 4 heteroatoms. The second-order valence-corrected chi connectivity index (χ2v) is 5.68. The Labute approximate surface area is 104 Å². The SMILES string of the molecule is COc1cc(NC(C)(C)C)nc(CC(C)C)n1. The van der Waals surface area contributed by atoms with Gasteiger partial charge in [0.15, 0.2) is 0 Å². The smallest absolute Gasteiger partial charge is 0.218 e. The first-order valence-electron chi connectivity index (χ1n) is 6.00. The summed E-state index contributed by atoms with van der Waals surface area (Å²) in [5.74, 6) is 2.79. The van der Waals surface area contributed by atoms with Crippen LogP contribution in [0.15, 0.2) is 6.07 Å². The number of hydrogen-bond acceptors (Lipinski definition) is 4. The van der Waals surface area contributed by atoms with Crippen LogP contribution >= 0.6 is 0 Å². The van der Waals surface area contributed by atoms with Gasteiger partial charge in [0.25, 0.3) is 0 Å². The number of aromatic nitrogens is 2. The standard InChI is InChI=1S/C13H23N3O/c1-9(2)7-10-14-11(16-13(3,4)5)8-12(15-10)17-6/h8-9H,7H2,1-6H3,(H,14,15,16). The Bertz CT molecular complexity index is 369. The third-order valence-corrected chi connectivity index (χ3v) is 2.05. The van der Waals surface area contributed by atoms with Crippen LogP contribution in [0.4, 0.5) is 5.82 Å². The lowest BCUT2D eigenvalue weighted by atomic mass is 10.1. The molecule has 0 spiro atoms. The molecule has 1 heterocycles. The first-order chi connectivity index (χ1) is 7.80.